The van der Waals surface area contributed by atoms with Crippen LogP contribution in [0.1, 0.15) is 28.5 Å². The van der Waals surface area contributed by atoms with Crippen LogP contribution in [0.25, 0.3) is 16.9 Å². The number of fused-ring (bicyclic) bond motifs is 1. The molecule has 0 saturated carbocycles. The van der Waals surface area contributed by atoms with Gasteiger partial charge in [-0.25, -0.2) is 14.5 Å². The molecule has 3 aromatic heterocycles. The molecule has 0 aliphatic heterocycles. The van der Waals surface area contributed by atoms with E-state index in [1.807, 2.05) is 37.3 Å². The second-order valence-electron chi connectivity index (χ2n) is 6.57. The second kappa shape index (κ2) is 8.42. The highest BCUT2D eigenvalue weighted by atomic mass is 32.1. The van der Waals surface area contributed by atoms with E-state index in [9.17, 15) is 9.59 Å². The van der Waals surface area contributed by atoms with Crippen LogP contribution < -0.4 is 5.32 Å². The Hall–Kier alpha value is -3.59. The first kappa shape index (κ1) is 19.7. The van der Waals surface area contributed by atoms with Gasteiger partial charge in [0.05, 0.1) is 30.6 Å². The average molecular weight is 421 g/mol. The molecule has 1 amide bonds. The lowest BCUT2D eigenvalue weighted by molar-refractivity contribution is -0.142. The van der Waals surface area contributed by atoms with Gasteiger partial charge in [-0.15, -0.1) is 11.3 Å². The van der Waals surface area contributed by atoms with Crippen molar-refractivity contribution in [3.63, 3.8) is 0 Å². The fourth-order valence-electron chi connectivity index (χ4n) is 2.96. The van der Waals surface area contributed by atoms with Gasteiger partial charge in [0.25, 0.3) is 5.91 Å². The highest BCUT2D eigenvalue weighted by molar-refractivity contribution is 7.14. The number of aromatic nitrogens is 4. The van der Waals surface area contributed by atoms with Gasteiger partial charge < -0.3 is 4.74 Å². The molecule has 0 aliphatic carbocycles. The summed E-state index contributed by atoms with van der Waals surface area (Å²) in [4.78, 5) is 33.0. The first-order chi connectivity index (χ1) is 14.5. The molecule has 0 atom stereocenters. The fraction of sp³-hybridized carbons (Fsp3) is 0.190. The van der Waals surface area contributed by atoms with Gasteiger partial charge in [-0.3, -0.25) is 14.9 Å². The van der Waals surface area contributed by atoms with Gasteiger partial charge in [0.1, 0.15) is 5.56 Å². The van der Waals surface area contributed by atoms with Crippen LogP contribution in [0.2, 0.25) is 0 Å². The number of thiazole rings is 1. The molecule has 8 nitrogen and oxygen atoms in total. The summed E-state index contributed by atoms with van der Waals surface area (Å²) in [6, 6.07) is 9.91. The maximum Gasteiger partial charge on any atom is 0.311 e. The zero-order valence-corrected chi connectivity index (χ0v) is 17.3. The van der Waals surface area contributed by atoms with Crippen LogP contribution in [-0.4, -0.2) is 38.1 Å². The van der Waals surface area contributed by atoms with Crippen LogP contribution in [0.5, 0.6) is 0 Å². The van der Waals surface area contributed by atoms with Gasteiger partial charge >= 0.3 is 5.97 Å². The molecule has 4 aromatic rings. The van der Waals surface area contributed by atoms with Crippen molar-refractivity contribution in [2.45, 2.75) is 20.3 Å². The van der Waals surface area contributed by atoms with Gasteiger partial charge in [-0.05, 0) is 19.9 Å². The van der Waals surface area contributed by atoms with Gasteiger partial charge in [-0.2, -0.15) is 5.10 Å². The van der Waals surface area contributed by atoms with Crippen molar-refractivity contribution in [3.8, 4) is 11.3 Å². The summed E-state index contributed by atoms with van der Waals surface area (Å²) in [6.45, 7) is 4.09. The van der Waals surface area contributed by atoms with Gasteiger partial charge in [0.2, 0.25) is 0 Å². The number of nitrogens with zero attached hydrogens (tertiary/aromatic N) is 4. The Labute approximate surface area is 176 Å². The standard InChI is InChI=1S/C21H19N5O3S/c1-3-29-18(27)10-15-12-30-21(24-15)25-20(28)16-11-23-26-17(8-9-22-19(16)26)14-6-4-13(2)5-7-14/h4-9,11-12H,3,10H2,1-2H3,(H,24,25,28). The fourth-order valence-corrected chi connectivity index (χ4v) is 3.67. The number of hydrogen-bond acceptors (Lipinski definition) is 7. The van der Waals surface area contributed by atoms with E-state index in [0.717, 1.165) is 16.8 Å². The molecule has 1 N–H and O–H groups in total. The van der Waals surface area contributed by atoms with E-state index in [1.165, 1.54) is 17.5 Å². The normalized spacial score (nSPS) is 10.9. The molecular weight excluding hydrogens is 402 g/mol. The third kappa shape index (κ3) is 4.06. The number of esters is 1. The highest BCUT2D eigenvalue weighted by Crippen LogP contribution is 2.23. The Kier molecular flexibility index (Phi) is 5.53. The number of amides is 1. The van der Waals surface area contributed by atoms with Crippen molar-refractivity contribution in [2.75, 3.05) is 11.9 Å². The SMILES string of the molecule is CCOC(=O)Cc1csc(NC(=O)c2cnn3c(-c4ccc(C)cc4)ccnc23)n1. The van der Waals surface area contributed by atoms with E-state index >= 15 is 0 Å². The minimum Gasteiger partial charge on any atom is -0.466 e. The number of aryl methyl sites for hydroxylation is 1. The Bertz CT molecular complexity index is 1210. The topological polar surface area (TPSA) is 98.5 Å². The van der Waals surface area contributed by atoms with Crippen LogP contribution in [0.3, 0.4) is 0 Å². The molecule has 0 fully saturated rings. The highest BCUT2D eigenvalue weighted by Gasteiger charge is 2.18. The van der Waals surface area contributed by atoms with E-state index in [4.69, 9.17) is 4.74 Å². The molecule has 0 aliphatic rings. The van der Waals surface area contributed by atoms with Gasteiger partial charge in [0, 0.05) is 17.1 Å². The predicted octanol–water partition coefficient (Wildman–Crippen LogP) is 3.52. The molecule has 0 saturated heterocycles. The van der Waals surface area contributed by atoms with E-state index < -0.39 is 0 Å². The van der Waals surface area contributed by atoms with Crippen molar-refractivity contribution in [2.24, 2.45) is 0 Å². The van der Waals surface area contributed by atoms with Gasteiger partial charge in [-0.1, -0.05) is 29.8 Å². The zero-order chi connectivity index (χ0) is 21.1. The summed E-state index contributed by atoms with van der Waals surface area (Å²) in [7, 11) is 0. The molecule has 3 heterocycles. The molecule has 152 valence electrons. The largest absolute Gasteiger partial charge is 0.466 e. The summed E-state index contributed by atoms with van der Waals surface area (Å²) in [5.74, 6) is -0.716. The van der Waals surface area contributed by atoms with E-state index in [2.05, 4.69) is 20.4 Å². The number of anilines is 1. The third-order valence-electron chi connectivity index (χ3n) is 4.40. The molecule has 30 heavy (non-hydrogen) atoms. The first-order valence-corrected chi connectivity index (χ1v) is 10.2. The van der Waals surface area contributed by atoms with Crippen LogP contribution in [0.4, 0.5) is 5.13 Å². The molecule has 4 rings (SSSR count). The quantitative estimate of drug-likeness (QED) is 0.478. The number of rotatable bonds is 6. The molecule has 1 aromatic carbocycles. The minimum absolute atomic E-state index is 0.0678. The van der Waals surface area contributed by atoms with Crippen molar-refractivity contribution < 1.29 is 14.3 Å². The van der Waals surface area contributed by atoms with E-state index in [-0.39, 0.29) is 18.3 Å². The Balaban J connectivity index is 1.56. The van der Waals surface area contributed by atoms with Gasteiger partial charge in [0.15, 0.2) is 10.8 Å². The maximum atomic E-state index is 12.8. The average Bonchev–Trinajstić information content (AvgIpc) is 3.35. The molecular formula is C21H19N5O3S. The van der Waals surface area contributed by atoms with Crippen LogP contribution >= 0.6 is 11.3 Å². The lowest BCUT2D eigenvalue weighted by atomic mass is 10.1. The van der Waals surface area contributed by atoms with E-state index in [1.54, 1.807) is 23.0 Å². The molecule has 0 spiro atoms. The Morgan fingerprint density at radius 3 is 2.77 bits per heavy atom. The Morgan fingerprint density at radius 1 is 1.20 bits per heavy atom. The lowest BCUT2D eigenvalue weighted by Crippen LogP contribution is -2.12. The molecule has 0 radical (unpaired) electrons. The number of carbonyl (C=O) groups excluding carboxylic acids is 2. The number of ether oxygens (including phenoxy) is 1. The smallest absolute Gasteiger partial charge is 0.311 e. The van der Waals surface area contributed by atoms with Crippen LogP contribution in [0.15, 0.2) is 48.1 Å². The summed E-state index contributed by atoms with van der Waals surface area (Å²) >= 11 is 1.24. The number of hydrogen-bond donors (Lipinski definition) is 1. The van der Waals surface area contributed by atoms with Crippen LogP contribution in [-0.2, 0) is 16.0 Å². The third-order valence-corrected chi connectivity index (χ3v) is 5.20. The summed E-state index contributed by atoms with van der Waals surface area (Å²) in [5, 5.41) is 9.23. The van der Waals surface area contributed by atoms with Crippen molar-refractivity contribution in [3.05, 3.63) is 64.9 Å². The monoisotopic (exact) mass is 421 g/mol. The predicted molar refractivity (Wildman–Crippen MR) is 114 cm³/mol. The first-order valence-electron chi connectivity index (χ1n) is 9.36. The summed E-state index contributed by atoms with van der Waals surface area (Å²) in [5.41, 5.74) is 4.32. The molecule has 9 heteroatoms. The minimum atomic E-state index is -0.365. The van der Waals surface area contributed by atoms with E-state index in [0.29, 0.717) is 28.6 Å². The van der Waals surface area contributed by atoms with Crippen molar-refractivity contribution in [1.29, 1.82) is 0 Å². The Morgan fingerprint density at radius 2 is 2.00 bits per heavy atom. The summed E-state index contributed by atoms with van der Waals surface area (Å²) in [6.07, 6.45) is 3.21. The molecule has 0 unspecified atom stereocenters. The number of nitrogens with one attached hydrogen (secondary N) is 1. The zero-order valence-electron chi connectivity index (χ0n) is 16.5. The van der Waals surface area contributed by atoms with Crippen molar-refractivity contribution in [1.82, 2.24) is 19.6 Å². The summed E-state index contributed by atoms with van der Waals surface area (Å²) < 4.78 is 6.56. The lowest BCUT2D eigenvalue weighted by Gasteiger charge is -2.05. The maximum absolute atomic E-state index is 12.8. The second-order valence-corrected chi connectivity index (χ2v) is 7.43. The number of carbonyl (C=O) groups is 2. The van der Waals surface area contributed by atoms with Crippen molar-refractivity contribution >= 4 is 34.0 Å². The van der Waals surface area contributed by atoms with Crippen LogP contribution in [0, 0.1) is 6.92 Å². The molecule has 0 bridgehead atoms. The number of benzene rings is 1.